The van der Waals surface area contributed by atoms with E-state index in [4.69, 9.17) is 0 Å². The number of thioether (sulfide) groups is 1. The van der Waals surface area contributed by atoms with E-state index in [2.05, 4.69) is 15.0 Å². The maximum absolute atomic E-state index is 12.5. The first-order valence-electron chi connectivity index (χ1n) is 9.83. The minimum atomic E-state index is 0.00960. The third-order valence-corrected chi connectivity index (χ3v) is 5.88. The number of carbonyl (C=O) groups excluding carboxylic acids is 1. The van der Waals surface area contributed by atoms with E-state index in [1.165, 1.54) is 0 Å². The normalized spacial score (nSPS) is 10.9. The number of nitrogens with zero attached hydrogens (tertiary/aromatic N) is 3. The molecule has 1 amide bonds. The molecule has 152 valence electrons. The van der Waals surface area contributed by atoms with Gasteiger partial charge in [0.2, 0.25) is 5.91 Å². The van der Waals surface area contributed by atoms with Gasteiger partial charge in [-0.25, -0.2) is 4.68 Å². The highest BCUT2D eigenvalue weighted by Gasteiger charge is 2.15. The summed E-state index contributed by atoms with van der Waals surface area (Å²) in [5.74, 6) is 2.08. The molecule has 0 aliphatic heterocycles. The number of aryl methyl sites for hydroxylation is 2. The molecule has 0 saturated carbocycles. The molecule has 0 aliphatic rings. The molecule has 2 aromatic carbocycles. The van der Waals surface area contributed by atoms with Crippen molar-refractivity contribution >= 4 is 23.4 Å². The number of carbonyl (C=O) groups is 1. The smallest absolute Gasteiger partial charge is 0.234 e. The maximum atomic E-state index is 12.5. The molecule has 0 fully saturated rings. The Bertz CT molecular complexity index is 1110. The molecular weight excluding hydrogens is 392 g/mol. The second-order valence-corrected chi connectivity index (χ2v) is 8.12. The third-order valence-electron chi connectivity index (χ3n) is 4.90. The van der Waals surface area contributed by atoms with Gasteiger partial charge in [0, 0.05) is 29.4 Å². The van der Waals surface area contributed by atoms with Crippen molar-refractivity contribution in [3.63, 3.8) is 0 Å². The van der Waals surface area contributed by atoms with E-state index in [0.29, 0.717) is 11.5 Å². The summed E-state index contributed by atoms with van der Waals surface area (Å²) in [5.41, 5.74) is 5.15. The van der Waals surface area contributed by atoms with E-state index in [-0.39, 0.29) is 5.91 Å². The Morgan fingerprint density at radius 2 is 1.67 bits per heavy atom. The molecule has 0 atom stereocenters. The predicted molar refractivity (Wildman–Crippen MR) is 124 cm³/mol. The van der Waals surface area contributed by atoms with Crippen molar-refractivity contribution in [2.75, 3.05) is 11.1 Å². The minimum absolute atomic E-state index is 0.00960. The monoisotopic (exact) mass is 416 g/mol. The number of anilines is 1. The highest BCUT2D eigenvalue weighted by Crippen LogP contribution is 2.24. The first-order valence-corrected chi connectivity index (χ1v) is 11.0. The molecule has 0 bridgehead atoms. The van der Waals surface area contributed by atoms with Gasteiger partial charge in [-0.15, -0.1) is 11.8 Å². The topological polar surface area (TPSA) is 51.9 Å². The summed E-state index contributed by atoms with van der Waals surface area (Å²) in [5, 5.41) is 7.67. The van der Waals surface area contributed by atoms with E-state index in [1.54, 1.807) is 11.8 Å². The van der Waals surface area contributed by atoms with Crippen LogP contribution in [0.2, 0.25) is 0 Å². The number of para-hydroxylation sites is 2. The zero-order valence-corrected chi connectivity index (χ0v) is 17.9. The fourth-order valence-electron chi connectivity index (χ4n) is 3.43. The van der Waals surface area contributed by atoms with Crippen molar-refractivity contribution in [2.24, 2.45) is 0 Å². The third kappa shape index (κ3) is 4.33. The molecule has 0 unspecified atom stereocenters. The Labute approximate surface area is 180 Å². The van der Waals surface area contributed by atoms with Crippen molar-refractivity contribution in [1.29, 1.82) is 0 Å². The van der Waals surface area contributed by atoms with Crippen LogP contribution in [0.4, 0.5) is 5.69 Å². The lowest BCUT2D eigenvalue weighted by Crippen LogP contribution is -2.16. The average molecular weight is 417 g/mol. The van der Waals surface area contributed by atoms with Crippen LogP contribution in [0.5, 0.6) is 0 Å². The molecule has 4 aromatic rings. The number of amides is 1. The average Bonchev–Trinajstić information content (AvgIpc) is 3.41. The zero-order chi connectivity index (χ0) is 20.9. The van der Waals surface area contributed by atoms with Crippen molar-refractivity contribution in [3.8, 4) is 11.5 Å². The quantitative estimate of drug-likeness (QED) is 0.453. The van der Waals surface area contributed by atoms with E-state index >= 15 is 0 Å². The molecule has 30 heavy (non-hydrogen) atoms. The van der Waals surface area contributed by atoms with Gasteiger partial charge in [0.25, 0.3) is 0 Å². The summed E-state index contributed by atoms with van der Waals surface area (Å²) in [7, 11) is 0. The van der Waals surface area contributed by atoms with Gasteiger partial charge in [-0.05, 0) is 49.2 Å². The lowest BCUT2D eigenvalue weighted by molar-refractivity contribution is -0.113. The summed E-state index contributed by atoms with van der Waals surface area (Å²) in [6.07, 6.45) is 5.91. The van der Waals surface area contributed by atoms with Gasteiger partial charge in [-0.2, -0.15) is 5.10 Å². The first kappa shape index (κ1) is 20.0. The van der Waals surface area contributed by atoms with Crippen LogP contribution in [0, 0.1) is 13.8 Å². The van der Waals surface area contributed by atoms with Crippen LogP contribution in [0.15, 0.2) is 79.3 Å². The van der Waals surface area contributed by atoms with E-state index in [9.17, 15) is 4.79 Å². The standard InChI is InChI=1S/C24H24N4OS/c1-18-9-8-10-19(2)23(18)26-22(29)17-30-16-20-15-25-28(21-11-4-3-5-12-21)24(20)27-13-6-7-14-27/h3-15H,16-17H2,1-2H3,(H,26,29). The Balaban J connectivity index is 1.48. The van der Waals surface area contributed by atoms with Crippen LogP contribution in [0.25, 0.3) is 11.5 Å². The van der Waals surface area contributed by atoms with E-state index in [1.807, 2.05) is 97.8 Å². The number of rotatable bonds is 7. The Kier molecular flexibility index (Phi) is 6.05. The summed E-state index contributed by atoms with van der Waals surface area (Å²) in [6.45, 7) is 4.02. The van der Waals surface area contributed by atoms with Crippen LogP contribution in [0.3, 0.4) is 0 Å². The first-order chi connectivity index (χ1) is 14.6. The molecule has 0 saturated heterocycles. The van der Waals surface area contributed by atoms with Crippen LogP contribution in [0.1, 0.15) is 16.7 Å². The van der Waals surface area contributed by atoms with Gasteiger partial charge in [-0.3, -0.25) is 4.79 Å². The highest BCUT2D eigenvalue weighted by atomic mass is 32.2. The molecular formula is C24H24N4OS. The molecule has 4 rings (SSSR count). The van der Waals surface area contributed by atoms with Crippen molar-refractivity contribution in [3.05, 3.63) is 95.9 Å². The van der Waals surface area contributed by atoms with Crippen LogP contribution in [-0.4, -0.2) is 26.0 Å². The summed E-state index contributed by atoms with van der Waals surface area (Å²) in [6, 6.07) is 20.1. The van der Waals surface area contributed by atoms with Crippen molar-refractivity contribution in [1.82, 2.24) is 14.3 Å². The van der Waals surface area contributed by atoms with Gasteiger partial charge < -0.3 is 9.88 Å². The molecule has 0 spiro atoms. The number of nitrogens with one attached hydrogen (secondary N) is 1. The molecule has 0 radical (unpaired) electrons. The number of benzene rings is 2. The van der Waals surface area contributed by atoms with Gasteiger partial charge in [0.05, 0.1) is 17.6 Å². The lowest BCUT2D eigenvalue weighted by atomic mass is 10.1. The van der Waals surface area contributed by atoms with Crippen LogP contribution < -0.4 is 5.32 Å². The molecule has 5 nitrogen and oxygen atoms in total. The number of hydrogen-bond donors (Lipinski definition) is 1. The van der Waals surface area contributed by atoms with E-state index in [0.717, 1.165) is 33.9 Å². The van der Waals surface area contributed by atoms with Crippen LogP contribution >= 0.6 is 11.8 Å². The second kappa shape index (κ2) is 9.05. The molecule has 1 N–H and O–H groups in total. The number of hydrogen-bond acceptors (Lipinski definition) is 3. The predicted octanol–water partition coefficient (Wildman–Crippen LogP) is 5.15. The zero-order valence-electron chi connectivity index (χ0n) is 17.1. The Morgan fingerprint density at radius 3 is 2.37 bits per heavy atom. The fraction of sp³-hybridized carbons (Fsp3) is 0.167. The fourth-order valence-corrected chi connectivity index (χ4v) is 4.21. The molecule has 2 heterocycles. The molecule has 6 heteroatoms. The molecule has 2 aromatic heterocycles. The van der Waals surface area contributed by atoms with Gasteiger partial charge in [-0.1, -0.05) is 36.4 Å². The maximum Gasteiger partial charge on any atom is 0.234 e. The van der Waals surface area contributed by atoms with Gasteiger partial charge in [0.1, 0.15) is 5.82 Å². The Morgan fingerprint density at radius 1 is 0.967 bits per heavy atom. The van der Waals surface area contributed by atoms with Gasteiger partial charge in [0.15, 0.2) is 0 Å². The largest absolute Gasteiger partial charge is 0.325 e. The summed E-state index contributed by atoms with van der Waals surface area (Å²) < 4.78 is 4.00. The van der Waals surface area contributed by atoms with Crippen molar-refractivity contribution in [2.45, 2.75) is 19.6 Å². The summed E-state index contributed by atoms with van der Waals surface area (Å²) in [4.78, 5) is 12.5. The second-order valence-electron chi connectivity index (χ2n) is 7.14. The minimum Gasteiger partial charge on any atom is -0.325 e. The highest BCUT2D eigenvalue weighted by molar-refractivity contribution is 7.99. The SMILES string of the molecule is Cc1cccc(C)c1NC(=O)CSCc1cnn(-c2ccccc2)c1-n1cccc1. The van der Waals surface area contributed by atoms with Crippen LogP contribution in [-0.2, 0) is 10.5 Å². The van der Waals surface area contributed by atoms with Gasteiger partial charge >= 0.3 is 0 Å². The van der Waals surface area contributed by atoms with Crippen molar-refractivity contribution < 1.29 is 4.79 Å². The summed E-state index contributed by atoms with van der Waals surface area (Å²) >= 11 is 1.59. The van der Waals surface area contributed by atoms with E-state index < -0.39 is 0 Å². The Hall–Kier alpha value is -3.25. The number of aromatic nitrogens is 3. The molecule has 0 aliphatic carbocycles. The lowest BCUT2D eigenvalue weighted by Gasteiger charge is -2.12.